The van der Waals surface area contributed by atoms with Crippen molar-refractivity contribution in [1.29, 1.82) is 0 Å². The molecule has 0 radical (unpaired) electrons. The van der Waals surface area contributed by atoms with Gasteiger partial charge >= 0.3 is 5.97 Å². The Hall–Kier alpha value is -4.25. The zero-order valence-electron chi connectivity index (χ0n) is 18.6. The standard InChI is InChI=1S/C24H22FN3O6S/c1-33-24(30)17-34-19-9-7-8-18(14-19)15-26-27-23(29)16-28(22-13-6-5-12-21(22)25)35(31,32)20-10-3-2-4-11-20/h2-15H,16-17H2,1H3,(H,27,29)/b26-15-. The topological polar surface area (TPSA) is 114 Å². The Morgan fingerprint density at radius 2 is 1.74 bits per heavy atom. The van der Waals surface area contributed by atoms with E-state index < -0.39 is 34.3 Å². The molecule has 1 N–H and O–H groups in total. The van der Waals surface area contributed by atoms with Crippen LogP contribution in [-0.2, 0) is 24.3 Å². The van der Waals surface area contributed by atoms with E-state index in [2.05, 4.69) is 15.3 Å². The number of hydrogen-bond donors (Lipinski definition) is 1. The van der Waals surface area contributed by atoms with Gasteiger partial charge < -0.3 is 9.47 Å². The van der Waals surface area contributed by atoms with E-state index in [0.29, 0.717) is 15.6 Å². The molecular weight excluding hydrogens is 477 g/mol. The van der Waals surface area contributed by atoms with Crippen LogP contribution in [0.15, 0.2) is 88.9 Å². The molecular formula is C24H22FN3O6S. The van der Waals surface area contributed by atoms with E-state index in [-0.39, 0.29) is 17.2 Å². The van der Waals surface area contributed by atoms with Gasteiger partial charge in [0.15, 0.2) is 6.61 Å². The number of halogens is 1. The van der Waals surface area contributed by atoms with Gasteiger partial charge in [-0.25, -0.2) is 23.0 Å². The normalized spacial score (nSPS) is 11.1. The second-order valence-electron chi connectivity index (χ2n) is 7.01. The highest BCUT2D eigenvalue weighted by Gasteiger charge is 2.28. The molecule has 0 unspecified atom stereocenters. The Kier molecular flexibility index (Phi) is 8.52. The van der Waals surface area contributed by atoms with Crippen LogP contribution >= 0.6 is 0 Å². The van der Waals surface area contributed by atoms with Crippen molar-refractivity contribution in [2.75, 3.05) is 24.6 Å². The third kappa shape index (κ3) is 6.87. The highest BCUT2D eigenvalue weighted by molar-refractivity contribution is 7.92. The molecule has 1 amide bonds. The zero-order chi connectivity index (χ0) is 25.3. The predicted octanol–water partition coefficient (Wildman–Crippen LogP) is 2.72. The quantitative estimate of drug-likeness (QED) is 0.261. The number of rotatable bonds is 10. The molecule has 9 nitrogen and oxygen atoms in total. The Balaban J connectivity index is 1.74. The van der Waals surface area contributed by atoms with Gasteiger partial charge in [-0.2, -0.15) is 5.10 Å². The lowest BCUT2D eigenvalue weighted by Crippen LogP contribution is -2.40. The number of sulfonamides is 1. The number of amides is 1. The van der Waals surface area contributed by atoms with Crippen LogP contribution in [0, 0.1) is 5.82 Å². The maximum absolute atomic E-state index is 14.5. The second-order valence-corrected chi connectivity index (χ2v) is 8.87. The summed E-state index contributed by atoms with van der Waals surface area (Å²) in [4.78, 5) is 23.7. The molecule has 0 aliphatic carbocycles. The zero-order valence-corrected chi connectivity index (χ0v) is 19.4. The molecule has 0 bridgehead atoms. The van der Waals surface area contributed by atoms with E-state index in [9.17, 15) is 22.4 Å². The number of para-hydroxylation sites is 1. The van der Waals surface area contributed by atoms with Gasteiger partial charge in [-0.15, -0.1) is 0 Å². The van der Waals surface area contributed by atoms with E-state index in [1.807, 2.05) is 0 Å². The number of methoxy groups -OCH3 is 1. The molecule has 35 heavy (non-hydrogen) atoms. The number of hydrogen-bond acceptors (Lipinski definition) is 7. The molecule has 3 aromatic rings. The van der Waals surface area contributed by atoms with Gasteiger partial charge in [-0.1, -0.05) is 42.5 Å². The van der Waals surface area contributed by atoms with Gasteiger partial charge in [-0.3, -0.25) is 9.10 Å². The average Bonchev–Trinajstić information content (AvgIpc) is 2.87. The summed E-state index contributed by atoms with van der Waals surface area (Å²) >= 11 is 0. The number of carbonyl (C=O) groups is 2. The number of esters is 1. The lowest BCUT2D eigenvalue weighted by atomic mass is 10.2. The average molecular weight is 500 g/mol. The van der Waals surface area contributed by atoms with Crippen molar-refractivity contribution in [3.05, 3.63) is 90.2 Å². The fraction of sp³-hybridized carbons (Fsp3) is 0.125. The Labute approximate surface area is 201 Å². The minimum absolute atomic E-state index is 0.0941. The van der Waals surface area contributed by atoms with Crippen molar-refractivity contribution in [3.63, 3.8) is 0 Å². The number of hydrazone groups is 1. The molecule has 0 spiro atoms. The van der Waals surface area contributed by atoms with Crippen molar-refractivity contribution in [3.8, 4) is 5.75 Å². The number of nitrogens with one attached hydrogen (secondary N) is 1. The summed E-state index contributed by atoms with van der Waals surface area (Å²) in [5.41, 5.74) is 2.51. The van der Waals surface area contributed by atoms with Crippen molar-refractivity contribution in [2.45, 2.75) is 4.90 Å². The van der Waals surface area contributed by atoms with E-state index in [1.165, 1.54) is 55.8 Å². The van der Waals surface area contributed by atoms with Crippen LogP contribution in [0.2, 0.25) is 0 Å². The molecule has 11 heteroatoms. The van der Waals surface area contributed by atoms with Crippen LogP contribution in [0.1, 0.15) is 5.56 Å². The Bertz CT molecular complexity index is 1320. The van der Waals surface area contributed by atoms with E-state index in [0.717, 1.165) is 6.07 Å². The van der Waals surface area contributed by atoms with Crippen LogP contribution in [-0.4, -0.2) is 46.8 Å². The van der Waals surface area contributed by atoms with E-state index >= 15 is 0 Å². The van der Waals surface area contributed by atoms with Crippen LogP contribution in [0.25, 0.3) is 0 Å². The molecule has 0 aromatic heterocycles. The van der Waals surface area contributed by atoms with Crippen LogP contribution in [0.5, 0.6) is 5.75 Å². The number of ether oxygens (including phenoxy) is 2. The number of benzene rings is 3. The Morgan fingerprint density at radius 1 is 1.03 bits per heavy atom. The van der Waals surface area contributed by atoms with Crippen LogP contribution in [0.3, 0.4) is 0 Å². The lowest BCUT2D eigenvalue weighted by Gasteiger charge is -2.24. The van der Waals surface area contributed by atoms with Crippen molar-refractivity contribution in [1.82, 2.24) is 5.43 Å². The summed E-state index contributed by atoms with van der Waals surface area (Å²) in [6.45, 7) is -0.979. The minimum Gasteiger partial charge on any atom is -0.482 e. The smallest absolute Gasteiger partial charge is 0.343 e. The summed E-state index contributed by atoms with van der Waals surface area (Å²) in [5, 5.41) is 3.83. The maximum atomic E-state index is 14.5. The number of nitrogens with zero attached hydrogens (tertiary/aromatic N) is 2. The van der Waals surface area contributed by atoms with Crippen molar-refractivity contribution >= 4 is 33.8 Å². The highest BCUT2D eigenvalue weighted by Crippen LogP contribution is 2.25. The first-order chi connectivity index (χ1) is 16.8. The van der Waals surface area contributed by atoms with Crippen LogP contribution < -0.4 is 14.5 Å². The molecule has 0 saturated heterocycles. The third-order valence-corrected chi connectivity index (χ3v) is 6.36. The van der Waals surface area contributed by atoms with Gasteiger partial charge in [0.1, 0.15) is 18.1 Å². The van der Waals surface area contributed by atoms with Gasteiger partial charge in [0.2, 0.25) is 0 Å². The molecule has 0 aliphatic rings. The molecule has 3 rings (SSSR count). The van der Waals surface area contributed by atoms with Crippen molar-refractivity contribution in [2.24, 2.45) is 5.10 Å². The maximum Gasteiger partial charge on any atom is 0.343 e. The fourth-order valence-corrected chi connectivity index (χ4v) is 4.35. The second kappa shape index (κ2) is 11.7. The molecule has 3 aromatic carbocycles. The first kappa shape index (κ1) is 25.4. The van der Waals surface area contributed by atoms with Crippen molar-refractivity contribution < 1.29 is 31.9 Å². The molecule has 0 atom stereocenters. The largest absolute Gasteiger partial charge is 0.482 e. The summed E-state index contributed by atoms with van der Waals surface area (Å²) < 4.78 is 51.3. The van der Waals surface area contributed by atoms with Gasteiger partial charge in [0.25, 0.3) is 15.9 Å². The minimum atomic E-state index is -4.24. The van der Waals surface area contributed by atoms with Gasteiger partial charge in [-0.05, 0) is 42.0 Å². The predicted molar refractivity (Wildman–Crippen MR) is 127 cm³/mol. The fourth-order valence-electron chi connectivity index (χ4n) is 2.90. The Morgan fingerprint density at radius 3 is 2.46 bits per heavy atom. The lowest BCUT2D eigenvalue weighted by molar-refractivity contribution is -0.142. The molecule has 182 valence electrons. The third-order valence-electron chi connectivity index (χ3n) is 4.58. The summed E-state index contributed by atoms with van der Waals surface area (Å²) in [6, 6.07) is 19.2. The molecule has 0 aliphatic heterocycles. The summed E-state index contributed by atoms with van der Waals surface area (Å²) in [6.07, 6.45) is 1.31. The molecule has 0 saturated carbocycles. The SMILES string of the molecule is COC(=O)COc1cccc(/C=N\NC(=O)CN(c2ccccc2F)S(=O)(=O)c2ccccc2)c1. The monoisotopic (exact) mass is 499 g/mol. The first-order valence-corrected chi connectivity index (χ1v) is 11.7. The molecule has 0 fully saturated rings. The molecule has 0 heterocycles. The number of carbonyl (C=O) groups excluding carboxylic acids is 2. The van der Waals surface area contributed by atoms with Gasteiger partial charge in [0, 0.05) is 0 Å². The van der Waals surface area contributed by atoms with E-state index in [1.54, 1.807) is 30.3 Å². The van der Waals surface area contributed by atoms with Crippen LogP contribution in [0.4, 0.5) is 10.1 Å². The first-order valence-electron chi connectivity index (χ1n) is 10.2. The number of anilines is 1. The van der Waals surface area contributed by atoms with Gasteiger partial charge in [0.05, 0.1) is 23.9 Å². The summed E-state index contributed by atoms with van der Waals surface area (Å²) in [5.74, 6) is -1.75. The summed E-state index contributed by atoms with van der Waals surface area (Å²) in [7, 11) is -3.00. The highest BCUT2D eigenvalue weighted by atomic mass is 32.2. The van der Waals surface area contributed by atoms with E-state index in [4.69, 9.17) is 4.74 Å².